The molecule has 2 aromatic heterocycles. The van der Waals surface area contributed by atoms with Crippen LogP contribution in [0.4, 0.5) is 0 Å². The molecular weight excluding hydrogens is 264 g/mol. The Kier molecular flexibility index (Phi) is 4.63. The van der Waals surface area contributed by atoms with E-state index in [0.717, 1.165) is 18.7 Å². The standard InChI is InChI=1S/C16H24N4O/c1-6-13-7-12(9-17-16(2,3)4)8-15(19-13)21-14-10-18-20(5)11-14/h7-8,10-11,17H,6,9H2,1-5H3. The van der Waals surface area contributed by atoms with Crippen LogP contribution in [0.3, 0.4) is 0 Å². The van der Waals surface area contributed by atoms with E-state index >= 15 is 0 Å². The second kappa shape index (κ2) is 6.26. The number of rotatable bonds is 5. The number of hydrogen-bond donors (Lipinski definition) is 1. The van der Waals surface area contributed by atoms with Crippen molar-refractivity contribution >= 4 is 0 Å². The van der Waals surface area contributed by atoms with Gasteiger partial charge >= 0.3 is 0 Å². The van der Waals surface area contributed by atoms with E-state index in [1.165, 1.54) is 5.56 Å². The lowest BCUT2D eigenvalue weighted by atomic mass is 10.1. The fourth-order valence-corrected chi connectivity index (χ4v) is 1.90. The summed E-state index contributed by atoms with van der Waals surface area (Å²) >= 11 is 0. The topological polar surface area (TPSA) is 52.0 Å². The van der Waals surface area contributed by atoms with Crippen LogP contribution in [0.5, 0.6) is 11.6 Å². The highest BCUT2D eigenvalue weighted by Gasteiger charge is 2.10. The summed E-state index contributed by atoms with van der Waals surface area (Å²) in [5.41, 5.74) is 2.29. The molecule has 0 aromatic carbocycles. The van der Waals surface area contributed by atoms with Crippen LogP contribution in [0, 0.1) is 0 Å². The van der Waals surface area contributed by atoms with Crippen LogP contribution in [-0.4, -0.2) is 20.3 Å². The van der Waals surface area contributed by atoms with E-state index in [2.05, 4.69) is 49.2 Å². The van der Waals surface area contributed by atoms with Crippen molar-refractivity contribution in [3.63, 3.8) is 0 Å². The van der Waals surface area contributed by atoms with Crippen molar-refractivity contribution in [3.8, 4) is 11.6 Å². The second-order valence-electron chi connectivity index (χ2n) is 6.21. The zero-order valence-electron chi connectivity index (χ0n) is 13.5. The van der Waals surface area contributed by atoms with Gasteiger partial charge in [0.15, 0.2) is 5.75 Å². The number of aromatic nitrogens is 3. The molecule has 0 spiro atoms. The summed E-state index contributed by atoms with van der Waals surface area (Å²) in [4.78, 5) is 4.51. The van der Waals surface area contributed by atoms with Gasteiger partial charge in [0.25, 0.3) is 0 Å². The van der Waals surface area contributed by atoms with Gasteiger partial charge in [0, 0.05) is 30.9 Å². The lowest BCUT2D eigenvalue weighted by Gasteiger charge is -2.21. The van der Waals surface area contributed by atoms with Gasteiger partial charge in [0.2, 0.25) is 5.88 Å². The molecule has 114 valence electrons. The lowest BCUT2D eigenvalue weighted by Crippen LogP contribution is -2.35. The molecule has 0 amide bonds. The molecule has 0 saturated heterocycles. The van der Waals surface area contributed by atoms with Gasteiger partial charge in [-0.2, -0.15) is 5.10 Å². The first-order valence-corrected chi connectivity index (χ1v) is 7.27. The molecular formula is C16H24N4O. The van der Waals surface area contributed by atoms with Gasteiger partial charge in [-0.1, -0.05) is 6.92 Å². The first kappa shape index (κ1) is 15.5. The number of nitrogens with one attached hydrogen (secondary N) is 1. The summed E-state index contributed by atoms with van der Waals surface area (Å²) in [5.74, 6) is 1.32. The maximum atomic E-state index is 5.79. The van der Waals surface area contributed by atoms with Crippen molar-refractivity contribution in [2.75, 3.05) is 0 Å². The Balaban J connectivity index is 2.17. The second-order valence-corrected chi connectivity index (χ2v) is 6.21. The molecule has 0 atom stereocenters. The van der Waals surface area contributed by atoms with Crippen LogP contribution in [0.2, 0.25) is 0 Å². The minimum atomic E-state index is 0.0834. The third kappa shape index (κ3) is 4.86. The maximum Gasteiger partial charge on any atom is 0.219 e. The zero-order chi connectivity index (χ0) is 15.5. The molecule has 0 unspecified atom stereocenters. The molecule has 2 aromatic rings. The van der Waals surface area contributed by atoms with E-state index in [0.29, 0.717) is 11.6 Å². The Labute approximate surface area is 126 Å². The van der Waals surface area contributed by atoms with Gasteiger partial charge in [-0.05, 0) is 38.8 Å². The van der Waals surface area contributed by atoms with Crippen LogP contribution < -0.4 is 10.1 Å². The summed E-state index contributed by atoms with van der Waals surface area (Å²) in [5, 5.41) is 7.58. The minimum absolute atomic E-state index is 0.0834. The van der Waals surface area contributed by atoms with E-state index in [1.807, 2.05) is 19.3 Å². The van der Waals surface area contributed by atoms with Crippen LogP contribution in [0.1, 0.15) is 39.0 Å². The van der Waals surface area contributed by atoms with Crippen molar-refractivity contribution in [2.45, 2.75) is 46.2 Å². The predicted octanol–water partition coefficient (Wildman–Crippen LogP) is 3.06. The molecule has 0 saturated carbocycles. The molecule has 0 aliphatic heterocycles. The van der Waals surface area contributed by atoms with E-state index in [4.69, 9.17) is 4.74 Å². The number of nitrogens with zero attached hydrogens (tertiary/aromatic N) is 3. The highest BCUT2D eigenvalue weighted by molar-refractivity contribution is 5.29. The van der Waals surface area contributed by atoms with E-state index in [-0.39, 0.29) is 5.54 Å². The normalized spacial score (nSPS) is 11.7. The van der Waals surface area contributed by atoms with Crippen molar-refractivity contribution < 1.29 is 4.74 Å². The molecule has 0 fully saturated rings. The Bertz CT molecular complexity index is 599. The summed E-state index contributed by atoms with van der Waals surface area (Å²) < 4.78 is 7.50. The number of hydrogen-bond acceptors (Lipinski definition) is 4. The molecule has 21 heavy (non-hydrogen) atoms. The summed E-state index contributed by atoms with van der Waals surface area (Å²) in [7, 11) is 1.86. The number of aryl methyl sites for hydroxylation is 2. The van der Waals surface area contributed by atoms with Crippen molar-refractivity contribution in [3.05, 3.63) is 35.8 Å². The number of ether oxygens (including phenoxy) is 1. The number of pyridine rings is 1. The molecule has 1 N–H and O–H groups in total. The van der Waals surface area contributed by atoms with Gasteiger partial charge in [0.05, 0.1) is 12.4 Å². The minimum Gasteiger partial charge on any atom is -0.436 e. The third-order valence-corrected chi connectivity index (χ3v) is 3.00. The summed E-state index contributed by atoms with van der Waals surface area (Å²) in [6.07, 6.45) is 4.40. The fraction of sp³-hybridized carbons (Fsp3) is 0.500. The van der Waals surface area contributed by atoms with Crippen molar-refractivity contribution in [2.24, 2.45) is 7.05 Å². The smallest absolute Gasteiger partial charge is 0.219 e. The van der Waals surface area contributed by atoms with Crippen LogP contribution in [0.15, 0.2) is 24.5 Å². The largest absolute Gasteiger partial charge is 0.436 e. The lowest BCUT2D eigenvalue weighted by molar-refractivity contribution is 0.421. The molecule has 2 heterocycles. The Morgan fingerprint density at radius 2 is 2.05 bits per heavy atom. The van der Waals surface area contributed by atoms with E-state index < -0.39 is 0 Å². The first-order valence-electron chi connectivity index (χ1n) is 7.27. The monoisotopic (exact) mass is 288 g/mol. The van der Waals surface area contributed by atoms with Gasteiger partial charge in [0.1, 0.15) is 0 Å². The summed E-state index contributed by atoms with van der Waals surface area (Å²) in [6, 6.07) is 4.10. The maximum absolute atomic E-state index is 5.79. The predicted molar refractivity (Wildman–Crippen MR) is 83.5 cm³/mol. The Hall–Kier alpha value is -1.88. The van der Waals surface area contributed by atoms with Gasteiger partial charge in [-0.3, -0.25) is 4.68 Å². The Morgan fingerprint density at radius 1 is 1.29 bits per heavy atom. The van der Waals surface area contributed by atoms with E-state index in [9.17, 15) is 0 Å². The van der Waals surface area contributed by atoms with Gasteiger partial charge in [-0.15, -0.1) is 0 Å². The van der Waals surface area contributed by atoms with Crippen molar-refractivity contribution in [1.29, 1.82) is 0 Å². The molecule has 2 rings (SSSR count). The SMILES string of the molecule is CCc1cc(CNC(C)(C)C)cc(Oc2cnn(C)c2)n1. The fourth-order valence-electron chi connectivity index (χ4n) is 1.90. The molecule has 0 aliphatic rings. The zero-order valence-corrected chi connectivity index (χ0v) is 13.5. The highest BCUT2D eigenvalue weighted by Crippen LogP contribution is 2.21. The first-order chi connectivity index (χ1) is 9.85. The highest BCUT2D eigenvalue weighted by atomic mass is 16.5. The average molecular weight is 288 g/mol. The van der Waals surface area contributed by atoms with Crippen LogP contribution in [-0.2, 0) is 20.0 Å². The molecule has 0 aliphatic carbocycles. The van der Waals surface area contributed by atoms with Crippen molar-refractivity contribution in [1.82, 2.24) is 20.1 Å². The van der Waals surface area contributed by atoms with Crippen LogP contribution in [0.25, 0.3) is 0 Å². The van der Waals surface area contributed by atoms with Crippen LogP contribution >= 0.6 is 0 Å². The van der Waals surface area contributed by atoms with Gasteiger partial charge in [-0.25, -0.2) is 4.98 Å². The van der Waals surface area contributed by atoms with Gasteiger partial charge < -0.3 is 10.1 Å². The Morgan fingerprint density at radius 3 is 2.62 bits per heavy atom. The average Bonchev–Trinajstić information content (AvgIpc) is 2.80. The molecule has 5 nitrogen and oxygen atoms in total. The van der Waals surface area contributed by atoms with E-state index in [1.54, 1.807) is 10.9 Å². The third-order valence-electron chi connectivity index (χ3n) is 3.00. The molecule has 0 bridgehead atoms. The quantitative estimate of drug-likeness (QED) is 0.918. The summed E-state index contributed by atoms with van der Waals surface area (Å²) in [6.45, 7) is 9.35. The molecule has 5 heteroatoms. The molecule has 0 radical (unpaired) electrons.